The van der Waals surface area contributed by atoms with E-state index < -0.39 is 76.3 Å². The van der Waals surface area contributed by atoms with E-state index in [0.29, 0.717) is 0 Å². The van der Waals surface area contributed by atoms with Crippen LogP contribution in [-0.2, 0) is 34.5 Å². The summed E-state index contributed by atoms with van der Waals surface area (Å²) >= 11 is 0. The fourth-order valence-electron chi connectivity index (χ4n) is 6.50. The summed E-state index contributed by atoms with van der Waals surface area (Å²) in [5, 5.41) is 26.7. The maximum atomic E-state index is 13.5. The molecule has 3 amide bonds. The second-order valence-electron chi connectivity index (χ2n) is 14.6. The average Bonchev–Trinajstić information content (AvgIpc) is 3.26. The Kier molecular flexibility index (Phi) is 16.8. The van der Waals surface area contributed by atoms with Crippen LogP contribution in [0, 0.1) is 24.7 Å². The van der Waals surface area contributed by atoms with Gasteiger partial charge in [0.05, 0.1) is 25.3 Å². The number of hydrogen-bond donors (Lipinski definition) is 5. The largest absolute Gasteiger partial charge is 0.744 e. The molecule has 1 atom stereocenters. The molecular formula is C43H42N7O15S2-. The lowest BCUT2D eigenvalue weighted by molar-refractivity contribution is -0.176. The Morgan fingerprint density at radius 2 is 1.58 bits per heavy atom. The van der Waals surface area contributed by atoms with Crippen molar-refractivity contribution in [3.63, 3.8) is 0 Å². The fourth-order valence-corrected chi connectivity index (χ4v) is 8.08. The maximum absolute atomic E-state index is 13.5. The Bertz CT molecular complexity index is 3100. The zero-order valence-corrected chi connectivity index (χ0v) is 37.5. The molecule has 0 saturated carbocycles. The van der Waals surface area contributed by atoms with E-state index in [-0.39, 0.29) is 102 Å². The molecule has 3 aromatic carbocycles. The molecule has 5 rings (SSSR count). The number of nitrogens with two attached hydrogens (primary N) is 1. The molecule has 1 aliphatic heterocycles. The van der Waals surface area contributed by atoms with Crippen LogP contribution in [0.4, 0.5) is 0 Å². The minimum absolute atomic E-state index is 0.00792. The first kappa shape index (κ1) is 50.6. The first-order valence-corrected chi connectivity index (χ1v) is 22.7. The number of rotatable bonds is 20. The third kappa shape index (κ3) is 13.1. The van der Waals surface area contributed by atoms with E-state index in [1.54, 1.807) is 6.07 Å². The summed E-state index contributed by atoms with van der Waals surface area (Å²) in [6, 6.07) is 14.1. The van der Waals surface area contributed by atoms with E-state index in [2.05, 4.69) is 37.8 Å². The third-order valence-corrected chi connectivity index (χ3v) is 11.3. The number of aromatic carboxylic acids is 1. The average molecular weight is 961 g/mol. The molecule has 3 aromatic rings. The lowest BCUT2D eigenvalue weighted by Gasteiger charge is -2.22. The number of carbonyl (C=O) groups excluding carboxylic acids is 3. The quantitative estimate of drug-likeness (QED) is 0.0141. The van der Waals surface area contributed by atoms with Crippen molar-refractivity contribution in [3.8, 4) is 40.0 Å². The number of fused-ring (bicyclic) bond motifs is 2. The lowest BCUT2D eigenvalue weighted by Crippen LogP contribution is -2.47. The number of azide groups is 1. The van der Waals surface area contributed by atoms with Gasteiger partial charge in [-0.2, -0.15) is 0 Å². The van der Waals surface area contributed by atoms with Gasteiger partial charge in [0.15, 0.2) is 22.5 Å². The minimum Gasteiger partial charge on any atom is -0.744 e. The molecule has 0 fully saturated rings. The maximum Gasteiger partial charge on any atom is 0.336 e. The highest BCUT2D eigenvalue weighted by Crippen LogP contribution is 2.45. The van der Waals surface area contributed by atoms with Gasteiger partial charge in [-0.1, -0.05) is 49.0 Å². The molecule has 0 radical (unpaired) electrons. The number of aryl methyl sites for hydroxylation is 1. The zero-order valence-electron chi connectivity index (χ0n) is 35.9. The van der Waals surface area contributed by atoms with Gasteiger partial charge in [0.2, 0.25) is 11.3 Å². The number of benzene rings is 4. The molecule has 0 bridgehead atoms. The zero-order chi connectivity index (χ0) is 49.1. The van der Waals surface area contributed by atoms with Crippen LogP contribution in [0.3, 0.4) is 0 Å². The van der Waals surface area contributed by atoms with Gasteiger partial charge in [0.25, 0.3) is 11.8 Å². The number of nitrogens with zero attached hydrogens (tertiary/aromatic N) is 3. The molecule has 6 N–H and O–H groups in total. The molecular weight excluding hydrogens is 919 g/mol. The van der Waals surface area contributed by atoms with Gasteiger partial charge >= 0.3 is 5.97 Å². The van der Waals surface area contributed by atoms with Crippen molar-refractivity contribution in [3.05, 3.63) is 105 Å². The first-order valence-electron chi connectivity index (χ1n) is 19.9. The predicted octanol–water partition coefficient (Wildman–Crippen LogP) is 1.66. The molecule has 1 unspecified atom stereocenters. The van der Waals surface area contributed by atoms with Crippen molar-refractivity contribution in [2.24, 2.45) is 11.0 Å². The Balaban J connectivity index is 1.26. The van der Waals surface area contributed by atoms with Crippen LogP contribution in [0.25, 0.3) is 43.9 Å². The van der Waals surface area contributed by atoms with Gasteiger partial charge in [-0.05, 0) is 66.0 Å². The number of nitrogens with one attached hydrogen (secondary N) is 3. The lowest BCUT2D eigenvalue weighted by atomic mass is 9.89. The molecule has 24 heteroatoms. The van der Waals surface area contributed by atoms with E-state index in [4.69, 9.17) is 29.6 Å². The fraction of sp³-hybridized carbons (Fsp3) is 0.279. The normalized spacial score (nSPS) is 11.9. The highest BCUT2D eigenvalue weighted by molar-refractivity contribution is 7.86. The molecule has 67 heavy (non-hydrogen) atoms. The summed E-state index contributed by atoms with van der Waals surface area (Å²) in [5.41, 5.74) is 7.04. The van der Waals surface area contributed by atoms with Crippen molar-refractivity contribution < 1.29 is 74.3 Å². The predicted molar refractivity (Wildman–Crippen MR) is 233 cm³/mol. The Morgan fingerprint density at radius 3 is 2.22 bits per heavy atom. The van der Waals surface area contributed by atoms with Crippen molar-refractivity contribution in [1.29, 1.82) is 0 Å². The van der Waals surface area contributed by atoms with Gasteiger partial charge in [-0.25, -0.2) is 21.6 Å². The standard InChI is InChI=1S/C43H43N7O15S2/c1-24(2)6-5-15-46-34(51)22-62-18-19-63-35(49-50-45)23-64-28-8-4-7-26(20-28)41(52)47-16-17-48-42(53)27-10-12-29(43(54)55)32(21-27)36-30-11-9-25(3)39(66(56,57)58)37(30)65-38-31(36)13-14-33(44)40(38)67(59,60)61/h4,7-14,20-21,24,35,44H,15-19,22-23H2,1-3H3,(H,46,51)(H,47,52)(H,48,53)(H,54,55)(H,56,57,58)(H,59,60,61)/p-1. The van der Waals surface area contributed by atoms with Crippen molar-refractivity contribution in [2.75, 3.05) is 46.1 Å². The molecule has 0 saturated heterocycles. The van der Waals surface area contributed by atoms with Gasteiger partial charge in [-0.3, -0.25) is 19.8 Å². The van der Waals surface area contributed by atoms with Crippen LogP contribution >= 0.6 is 0 Å². The van der Waals surface area contributed by atoms with E-state index in [0.717, 1.165) is 18.2 Å². The molecule has 1 aliphatic carbocycles. The van der Waals surface area contributed by atoms with E-state index in [1.807, 2.05) is 13.8 Å². The summed E-state index contributed by atoms with van der Waals surface area (Å²) in [5.74, 6) is 2.16. The SMILES string of the molecule is Cc1ccc2c(-c3cc(C(=O)NCCNC(=O)c4cccc(OCC(N=[N+]=[N-])OCCOCC(=O)NCC#CC(C)C)c4)ccc3C(=O)O)c3ccc(=[NH2+])c(S(=O)(=O)[O-])c-3oc2c1S(=O)(=O)[O-]. The number of amides is 3. The number of ether oxygens (including phenoxy) is 3. The minimum atomic E-state index is -5.44. The molecule has 0 spiro atoms. The van der Waals surface area contributed by atoms with Crippen LogP contribution in [-0.4, -0.2) is 107 Å². The number of carbonyl (C=O) groups is 4. The summed E-state index contributed by atoms with van der Waals surface area (Å²) in [6.45, 7) is 4.56. The third-order valence-electron chi connectivity index (χ3n) is 9.38. The smallest absolute Gasteiger partial charge is 0.336 e. The van der Waals surface area contributed by atoms with Crippen LogP contribution in [0.15, 0.2) is 86.1 Å². The first-order chi connectivity index (χ1) is 31.7. The Morgan fingerprint density at radius 1 is 0.896 bits per heavy atom. The highest BCUT2D eigenvalue weighted by atomic mass is 32.2. The van der Waals surface area contributed by atoms with Crippen molar-refractivity contribution >= 4 is 54.9 Å². The van der Waals surface area contributed by atoms with Gasteiger partial charge in [-0.15, -0.1) is 0 Å². The topological polar surface area (TPSA) is 354 Å². The molecule has 2 aliphatic rings. The second kappa shape index (κ2) is 22.2. The van der Waals surface area contributed by atoms with Crippen LogP contribution in [0.5, 0.6) is 5.75 Å². The molecule has 1 heterocycles. The monoisotopic (exact) mass is 960 g/mol. The van der Waals surface area contributed by atoms with E-state index in [9.17, 15) is 50.2 Å². The highest BCUT2D eigenvalue weighted by Gasteiger charge is 2.30. The Hall–Kier alpha value is -7.36. The van der Waals surface area contributed by atoms with E-state index >= 15 is 0 Å². The summed E-state index contributed by atoms with van der Waals surface area (Å²) in [4.78, 5) is 51.7. The van der Waals surface area contributed by atoms with Gasteiger partial charge < -0.3 is 48.8 Å². The van der Waals surface area contributed by atoms with Gasteiger partial charge in [0.1, 0.15) is 44.1 Å². The van der Waals surface area contributed by atoms with Crippen molar-refractivity contribution in [2.45, 2.75) is 36.8 Å². The number of carboxylic acid groups (broad SMARTS) is 1. The molecule has 0 aromatic heterocycles. The molecule has 352 valence electrons. The van der Waals surface area contributed by atoms with E-state index in [1.165, 1.54) is 49.4 Å². The molecule has 22 nitrogen and oxygen atoms in total. The summed E-state index contributed by atoms with van der Waals surface area (Å²) in [6.07, 6.45) is -1.08. The summed E-state index contributed by atoms with van der Waals surface area (Å²) in [7, 11) is -10.8. The van der Waals surface area contributed by atoms with Crippen molar-refractivity contribution in [1.82, 2.24) is 16.0 Å². The second-order valence-corrected chi connectivity index (χ2v) is 17.2. The Labute approximate surface area is 382 Å². The van der Waals surface area contributed by atoms with Gasteiger partial charge in [0, 0.05) is 57.6 Å². The van der Waals surface area contributed by atoms with Crippen LogP contribution < -0.4 is 31.5 Å². The number of carboxylic acids is 1. The summed E-state index contributed by atoms with van der Waals surface area (Å²) < 4.78 is 97.1. The van der Waals surface area contributed by atoms with Crippen LogP contribution in [0.1, 0.15) is 50.5 Å². The number of hydrogen-bond acceptors (Lipinski definition) is 15. The van der Waals surface area contributed by atoms with Crippen LogP contribution in [0.2, 0.25) is 0 Å².